The second-order valence-corrected chi connectivity index (χ2v) is 7.21. The van der Waals surface area contributed by atoms with Crippen LogP contribution < -0.4 is 5.73 Å². The van der Waals surface area contributed by atoms with Crippen LogP contribution in [-0.2, 0) is 0 Å². The van der Waals surface area contributed by atoms with E-state index in [9.17, 15) is 5.11 Å². The molecule has 0 aromatic rings. The van der Waals surface area contributed by atoms with E-state index in [1.54, 1.807) is 0 Å². The van der Waals surface area contributed by atoms with Gasteiger partial charge in [-0.3, -0.25) is 0 Å². The molecule has 1 heterocycles. The minimum atomic E-state index is -0.657. The van der Waals surface area contributed by atoms with E-state index >= 15 is 0 Å². The highest BCUT2D eigenvalue weighted by Crippen LogP contribution is 2.46. The number of rotatable bonds is 6. The van der Waals surface area contributed by atoms with Crippen LogP contribution in [0.3, 0.4) is 0 Å². The molecule has 2 rings (SSSR count). The van der Waals surface area contributed by atoms with Crippen LogP contribution in [-0.4, -0.2) is 41.8 Å². The van der Waals surface area contributed by atoms with Crippen molar-refractivity contribution in [2.24, 2.45) is 11.1 Å². The molecule has 1 aliphatic heterocycles. The van der Waals surface area contributed by atoms with Crippen molar-refractivity contribution in [2.75, 3.05) is 26.2 Å². The van der Waals surface area contributed by atoms with E-state index in [2.05, 4.69) is 4.90 Å². The number of piperidine rings is 1. The first-order valence-corrected chi connectivity index (χ1v) is 8.20. The van der Waals surface area contributed by atoms with E-state index in [4.69, 9.17) is 5.73 Å². The van der Waals surface area contributed by atoms with Crippen LogP contribution in [0.1, 0.15) is 64.7 Å². The Morgan fingerprint density at radius 1 is 1.11 bits per heavy atom. The summed E-state index contributed by atoms with van der Waals surface area (Å²) in [5.74, 6) is 0. The lowest BCUT2D eigenvalue weighted by molar-refractivity contribution is 0.0547. The van der Waals surface area contributed by atoms with Gasteiger partial charge in [0, 0.05) is 6.54 Å². The van der Waals surface area contributed by atoms with Crippen molar-refractivity contribution in [1.82, 2.24) is 4.90 Å². The Morgan fingerprint density at radius 3 is 2.32 bits per heavy atom. The zero-order valence-corrected chi connectivity index (χ0v) is 12.7. The van der Waals surface area contributed by atoms with Crippen LogP contribution in [0.4, 0.5) is 0 Å². The predicted molar refractivity (Wildman–Crippen MR) is 80.1 cm³/mol. The van der Waals surface area contributed by atoms with Gasteiger partial charge < -0.3 is 15.7 Å². The number of hydrogen-bond donors (Lipinski definition) is 2. The molecular weight excluding hydrogens is 236 g/mol. The SMILES string of the molecule is CC(O)(CN)CCCCN1CCC2(CCCC2)CC1. The van der Waals surface area contributed by atoms with Crippen LogP contribution in [0, 0.1) is 5.41 Å². The van der Waals surface area contributed by atoms with Gasteiger partial charge in [0.05, 0.1) is 5.60 Å². The molecule has 2 aliphatic rings. The van der Waals surface area contributed by atoms with Crippen LogP contribution in [0.5, 0.6) is 0 Å². The molecule has 0 bridgehead atoms. The van der Waals surface area contributed by atoms with Gasteiger partial charge in [-0.1, -0.05) is 12.8 Å². The zero-order valence-electron chi connectivity index (χ0n) is 12.7. The summed E-state index contributed by atoms with van der Waals surface area (Å²) in [6.07, 6.45) is 11.9. The maximum Gasteiger partial charge on any atom is 0.0741 e. The first-order chi connectivity index (χ1) is 9.05. The highest BCUT2D eigenvalue weighted by Gasteiger charge is 2.36. The topological polar surface area (TPSA) is 49.5 Å². The van der Waals surface area contributed by atoms with Crippen LogP contribution >= 0.6 is 0 Å². The standard InChI is InChI=1S/C16H32N2O/c1-15(19,14-17)6-4-5-11-18-12-9-16(10-13-18)7-2-3-8-16/h19H,2-14,17H2,1H3. The molecule has 1 saturated carbocycles. The molecule has 112 valence electrons. The van der Waals surface area contributed by atoms with Gasteiger partial charge >= 0.3 is 0 Å². The summed E-state index contributed by atoms with van der Waals surface area (Å²) >= 11 is 0. The lowest BCUT2D eigenvalue weighted by Crippen LogP contribution is -2.39. The Bertz CT molecular complexity index is 262. The fraction of sp³-hybridized carbons (Fsp3) is 1.00. The number of hydrogen-bond acceptors (Lipinski definition) is 3. The largest absolute Gasteiger partial charge is 0.389 e. The summed E-state index contributed by atoms with van der Waals surface area (Å²) in [7, 11) is 0. The fourth-order valence-corrected chi connectivity index (χ4v) is 3.82. The molecule has 0 radical (unpaired) electrons. The average molecular weight is 268 g/mol. The Labute approximate surface area is 118 Å². The maximum absolute atomic E-state index is 9.86. The summed E-state index contributed by atoms with van der Waals surface area (Å²) < 4.78 is 0. The number of aliphatic hydroxyl groups is 1. The highest BCUT2D eigenvalue weighted by atomic mass is 16.3. The molecule has 3 nitrogen and oxygen atoms in total. The molecule has 1 spiro atoms. The third-order valence-corrected chi connectivity index (χ3v) is 5.46. The van der Waals surface area contributed by atoms with E-state index in [0.717, 1.165) is 18.3 Å². The van der Waals surface area contributed by atoms with Crippen LogP contribution in [0.25, 0.3) is 0 Å². The Kier molecular flexibility index (Phi) is 5.27. The molecule has 3 N–H and O–H groups in total. The lowest BCUT2D eigenvalue weighted by Gasteiger charge is -2.39. The first-order valence-electron chi connectivity index (χ1n) is 8.20. The average Bonchev–Trinajstić information content (AvgIpc) is 2.85. The third-order valence-electron chi connectivity index (χ3n) is 5.46. The number of nitrogens with zero attached hydrogens (tertiary/aromatic N) is 1. The monoisotopic (exact) mass is 268 g/mol. The molecule has 19 heavy (non-hydrogen) atoms. The molecule has 1 unspecified atom stereocenters. The number of likely N-dealkylation sites (tertiary alicyclic amines) is 1. The van der Waals surface area contributed by atoms with E-state index in [1.165, 1.54) is 64.6 Å². The van der Waals surface area contributed by atoms with Crippen molar-refractivity contribution in [1.29, 1.82) is 0 Å². The molecule has 2 fully saturated rings. The summed E-state index contributed by atoms with van der Waals surface area (Å²) in [5, 5.41) is 9.86. The molecule has 0 amide bonds. The second kappa shape index (κ2) is 6.55. The molecular formula is C16H32N2O. The van der Waals surface area contributed by atoms with Gasteiger partial charge in [-0.2, -0.15) is 0 Å². The van der Waals surface area contributed by atoms with Gasteiger partial charge in [0.2, 0.25) is 0 Å². The molecule has 1 aliphatic carbocycles. The third kappa shape index (κ3) is 4.44. The van der Waals surface area contributed by atoms with Gasteiger partial charge in [-0.25, -0.2) is 0 Å². The summed E-state index contributed by atoms with van der Waals surface area (Å²) in [6.45, 7) is 6.02. The normalized spacial score (nSPS) is 26.7. The molecule has 1 saturated heterocycles. The van der Waals surface area contributed by atoms with Crippen molar-refractivity contribution in [3.8, 4) is 0 Å². The Balaban J connectivity index is 1.58. The Morgan fingerprint density at radius 2 is 1.74 bits per heavy atom. The smallest absolute Gasteiger partial charge is 0.0741 e. The number of unbranched alkanes of at least 4 members (excludes halogenated alkanes) is 1. The first kappa shape index (κ1) is 15.3. The highest BCUT2D eigenvalue weighted by molar-refractivity contribution is 4.89. The molecule has 0 aromatic heterocycles. The molecule has 3 heteroatoms. The van der Waals surface area contributed by atoms with Crippen molar-refractivity contribution in [2.45, 2.75) is 70.3 Å². The number of nitrogens with two attached hydrogens (primary N) is 1. The molecule has 0 aromatic carbocycles. The van der Waals surface area contributed by atoms with E-state index in [0.29, 0.717) is 6.54 Å². The van der Waals surface area contributed by atoms with Crippen LogP contribution in [0.15, 0.2) is 0 Å². The van der Waals surface area contributed by atoms with Gasteiger partial charge in [-0.15, -0.1) is 0 Å². The minimum Gasteiger partial charge on any atom is -0.389 e. The van der Waals surface area contributed by atoms with Gasteiger partial charge in [0.15, 0.2) is 0 Å². The van der Waals surface area contributed by atoms with Crippen molar-refractivity contribution in [3.63, 3.8) is 0 Å². The van der Waals surface area contributed by atoms with E-state index in [1.807, 2.05) is 6.92 Å². The van der Waals surface area contributed by atoms with Gasteiger partial charge in [0.25, 0.3) is 0 Å². The summed E-state index contributed by atoms with van der Waals surface area (Å²) in [5.41, 5.74) is 5.62. The van der Waals surface area contributed by atoms with E-state index in [-0.39, 0.29) is 0 Å². The van der Waals surface area contributed by atoms with Crippen LogP contribution in [0.2, 0.25) is 0 Å². The van der Waals surface area contributed by atoms with Gasteiger partial charge in [-0.05, 0) is 76.9 Å². The maximum atomic E-state index is 9.86. The second-order valence-electron chi connectivity index (χ2n) is 7.21. The molecule has 1 atom stereocenters. The summed E-state index contributed by atoms with van der Waals surface area (Å²) in [6, 6.07) is 0. The Hall–Kier alpha value is -0.120. The van der Waals surface area contributed by atoms with Crippen molar-refractivity contribution >= 4 is 0 Å². The van der Waals surface area contributed by atoms with Crippen molar-refractivity contribution < 1.29 is 5.11 Å². The fourth-order valence-electron chi connectivity index (χ4n) is 3.82. The van der Waals surface area contributed by atoms with E-state index < -0.39 is 5.60 Å². The summed E-state index contributed by atoms with van der Waals surface area (Å²) in [4.78, 5) is 2.63. The minimum absolute atomic E-state index is 0.374. The van der Waals surface area contributed by atoms with Crippen molar-refractivity contribution in [3.05, 3.63) is 0 Å². The predicted octanol–water partition coefficient (Wildman–Crippen LogP) is 2.52. The lowest BCUT2D eigenvalue weighted by atomic mass is 9.77. The van der Waals surface area contributed by atoms with Gasteiger partial charge in [0.1, 0.15) is 0 Å². The quantitative estimate of drug-likeness (QED) is 0.728. The zero-order chi connectivity index (χ0) is 13.8.